The van der Waals surface area contributed by atoms with Gasteiger partial charge in [0.1, 0.15) is 12.2 Å². The van der Waals surface area contributed by atoms with Gasteiger partial charge in [0.2, 0.25) is 5.90 Å². The molecule has 94 valence electrons. The van der Waals surface area contributed by atoms with Crippen molar-refractivity contribution in [2.24, 2.45) is 4.99 Å². The summed E-state index contributed by atoms with van der Waals surface area (Å²) in [5.41, 5.74) is -0.121. The molecule has 0 spiro atoms. The van der Waals surface area contributed by atoms with E-state index in [1.807, 2.05) is 0 Å². The highest BCUT2D eigenvalue weighted by molar-refractivity contribution is 6.31. The summed E-state index contributed by atoms with van der Waals surface area (Å²) in [6.45, 7) is 0.0912. The van der Waals surface area contributed by atoms with Crippen LogP contribution in [0.5, 0.6) is 0 Å². The molecule has 1 amide bonds. The smallest absolute Gasteiger partial charge is 0.390 e. The number of carbonyl (C=O) groups is 1. The maximum atomic E-state index is 11.4. The molecular weight excluding hydrogens is 262 g/mol. The van der Waals surface area contributed by atoms with Crippen LogP contribution in [0.4, 0.5) is 10.5 Å². The molecule has 0 bridgehead atoms. The summed E-state index contributed by atoms with van der Waals surface area (Å²) in [5.74, 6) is -0.0681. The summed E-state index contributed by atoms with van der Waals surface area (Å²) in [7, 11) is 1.51. The second kappa shape index (κ2) is 4.61. The maximum absolute atomic E-state index is 11.4. The number of hydrogen-bond donors (Lipinski definition) is 0. The van der Waals surface area contributed by atoms with E-state index in [0.717, 1.165) is 0 Å². The van der Waals surface area contributed by atoms with Crippen molar-refractivity contribution >= 4 is 29.3 Å². The number of ether oxygens (including phenoxy) is 1. The first-order valence-corrected chi connectivity index (χ1v) is 5.28. The van der Waals surface area contributed by atoms with Gasteiger partial charge in [0.05, 0.1) is 4.92 Å². The Labute approximate surface area is 107 Å². The monoisotopic (exact) mass is 269 g/mol. The lowest BCUT2D eigenvalue weighted by Gasteiger charge is -2.20. The third kappa shape index (κ3) is 2.25. The molecule has 2 rings (SSSR count). The van der Waals surface area contributed by atoms with Gasteiger partial charge in [0, 0.05) is 18.1 Å². The van der Waals surface area contributed by atoms with Gasteiger partial charge in [-0.05, 0) is 12.1 Å². The van der Waals surface area contributed by atoms with Crippen LogP contribution in [0.25, 0.3) is 0 Å². The molecule has 0 saturated heterocycles. The molecule has 1 aliphatic rings. The van der Waals surface area contributed by atoms with Crippen molar-refractivity contribution in [3.63, 3.8) is 0 Å². The fourth-order valence-corrected chi connectivity index (χ4v) is 1.56. The second-order valence-electron chi connectivity index (χ2n) is 3.59. The number of halogens is 1. The molecular formula is C10H8ClN3O4. The Hall–Kier alpha value is -2.15. The van der Waals surface area contributed by atoms with Gasteiger partial charge in [-0.1, -0.05) is 11.6 Å². The molecule has 0 radical (unpaired) electrons. The minimum absolute atomic E-state index is 0.0681. The molecule has 0 N–H and O–H groups in total. The fraction of sp³-hybridized carbons (Fsp3) is 0.200. The summed E-state index contributed by atoms with van der Waals surface area (Å²) in [4.78, 5) is 26.9. The number of rotatable bonds is 2. The molecule has 0 aliphatic carbocycles. The zero-order valence-electron chi connectivity index (χ0n) is 9.29. The number of hydrogen-bond acceptors (Lipinski definition) is 5. The Bertz CT molecular complexity index is 558. The van der Waals surface area contributed by atoms with E-state index < -0.39 is 11.0 Å². The van der Waals surface area contributed by atoms with Crippen LogP contribution in [-0.4, -0.2) is 35.5 Å². The number of nitro benzene ring substituents is 1. The number of amides is 1. The van der Waals surface area contributed by atoms with Gasteiger partial charge < -0.3 is 4.74 Å². The molecule has 0 unspecified atom stereocenters. The maximum Gasteiger partial charge on any atom is 0.417 e. The minimum Gasteiger partial charge on any atom is -0.390 e. The average molecular weight is 270 g/mol. The van der Waals surface area contributed by atoms with Crippen LogP contribution in [0.3, 0.4) is 0 Å². The van der Waals surface area contributed by atoms with Crippen molar-refractivity contribution in [1.82, 2.24) is 4.90 Å². The van der Waals surface area contributed by atoms with E-state index in [1.165, 1.54) is 30.1 Å². The first kappa shape index (κ1) is 12.3. The van der Waals surface area contributed by atoms with Gasteiger partial charge in [0.15, 0.2) is 0 Å². The number of aliphatic imine (C=N–C) groups is 1. The Morgan fingerprint density at radius 3 is 2.89 bits per heavy atom. The Kier molecular flexibility index (Phi) is 3.15. The molecule has 0 atom stereocenters. The molecule has 18 heavy (non-hydrogen) atoms. The van der Waals surface area contributed by atoms with Crippen LogP contribution in [0.2, 0.25) is 5.02 Å². The largest absolute Gasteiger partial charge is 0.417 e. The fourth-order valence-electron chi connectivity index (χ4n) is 1.40. The first-order valence-electron chi connectivity index (χ1n) is 4.91. The van der Waals surface area contributed by atoms with Gasteiger partial charge in [0.25, 0.3) is 5.69 Å². The molecule has 0 aromatic heterocycles. The van der Waals surface area contributed by atoms with Gasteiger partial charge in [-0.2, -0.15) is 0 Å². The van der Waals surface area contributed by atoms with Crippen molar-refractivity contribution in [1.29, 1.82) is 0 Å². The number of nitrogens with zero attached hydrogens (tertiary/aromatic N) is 3. The van der Waals surface area contributed by atoms with E-state index >= 15 is 0 Å². The van der Waals surface area contributed by atoms with Crippen molar-refractivity contribution in [2.75, 3.05) is 13.7 Å². The molecule has 0 saturated carbocycles. The van der Waals surface area contributed by atoms with Crippen LogP contribution in [-0.2, 0) is 4.74 Å². The summed E-state index contributed by atoms with van der Waals surface area (Å²) >= 11 is 5.69. The third-order valence-electron chi connectivity index (χ3n) is 2.31. The number of cyclic esters (lactones) is 1. The highest BCUT2D eigenvalue weighted by atomic mass is 35.5. The zero-order valence-corrected chi connectivity index (χ0v) is 10.0. The van der Waals surface area contributed by atoms with E-state index in [1.54, 1.807) is 0 Å². The molecule has 1 aromatic rings. The Balaban J connectivity index is 2.46. The Morgan fingerprint density at radius 2 is 2.28 bits per heavy atom. The number of nitro groups is 1. The lowest BCUT2D eigenvalue weighted by atomic mass is 10.2. The summed E-state index contributed by atoms with van der Waals surface area (Å²) in [6, 6.07) is 4.06. The van der Waals surface area contributed by atoms with Crippen LogP contribution in [0, 0.1) is 10.1 Å². The van der Waals surface area contributed by atoms with Gasteiger partial charge in [-0.15, -0.1) is 0 Å². The number of carbonyl (C=O) groups excluding carboxylic acids is 1. The van der Waals surface area contributed by atoms with Crippen LogP contribution < -0.4 is 0 Å². The third-order valence-corrected chi connectivity index (χ3v) is 2.54. The predicted octanol–water partition coefficient (Wildman–Crippen LogP) is 2.03. The highest BCUT2D eigenvalue weighted by Crippen LogP contribution is 2.25. The lowest BCUT2D eigenvalue weighted by Crippen LogP contribution is -2.35. The van der Waals surface area contributed by atoms with E-state index in [9.17, 15) is 14.9 Å². The van der Waals surface area contributed by atoms with Gasteiger partial charge in [-0.3, -0.25) is 15.0 Å². The predicted molar refractivity (Wildman–Crippen MR) is 63.8 cm³/mol. The molecule has 8 heteroatoms. The first-order chi connectivity index (χ1) is 8.49. The Morgan fingerprint density at radius 1 is 1.56 bits per heavy atom. The minimum atomic E-state index is -0.607. The second-order valence-corrected chi connectivity index (χ2v) is 4.03. The highest BCUT2D eigenvalue weighted by Gasteiger charge is 2.26. The quantitative estimate of drug-likeness (QED) is 0.607. The lowest BCUT2D eigenvalue weighted by molar-refractivity contribution is -0.385. The van der Waals surface area contributed by atoms with E-state index in [4.69, 9.17) is 16.3 Å². The SMILES string of the molecule is CN1CN=C(c2ccc(Cl)cc2[N+](=O)[O-])OC1=O. The molecule has 0 fully saturated rings. The van der Waals surface area contributed by atoms with Gasteiger partial charge >= 0.3 is 6.09 Å². The van der Waals surface area contributed by atoms with E-state index in [2.05, 4.69) is 4.99 Å². The molecule has 1 aromatic carbocycles. The van der Waals surface area contributed by atoms with Crippen LogP contribution >= 0.6 is 11.6 Å². The molecule has 1 aliphatic heterocycles. The molecule has 1 heterocycles. The van der Waals surface area contributed by atoms with Crippen molar-refractivity contribution in [3.05, 3.63) is 38.9 Å². The number of benzene rings is 1. The standard InChI is InChI=1S/C10H8ClN3O4/c1-13-5-12-9(18-10(13)15)7-3-2-6(11)4-8(7)14(16)17/h2-4H,5H2,1H3. The van der Waals surface area contributed by atoms with Crippen molar-refractivity contribution < 1.29 is 14.5 Å². The molecule has 7 nitrogen and oxygen atoms in total. The summed E-state index contributed by atoms with van der Waals surface area (Å²) < 4.78 is 4.90. The van der Waals surface area contributed by atoms with Gasteiger partial charge in [-0.25, -0.2) is 9.79 Å². The normalized spacial score (nSPS) is 15.1. The summed E-state index contributed by atoms with van der Waals surface area (Å²) in [6.07, 6.45) is -0.607. The van der Waals surface area contributed by atoms with Crippen molar-refractivity contribution in [2.45, 2.75) is 0 Å². The van der Waals surface area contributed by atoms with E-state index in [-0.39, 0.29) is 28.8 Å². The van der Waals surface area contributed by atoms with Crippen LogP contribution in [0.15, 0.2) is 23.2 Å². The topological polar surface area (TPSA) is 85.0 Å². The average Bonchev–Trinajstić information content (AvgIpc) is 2.32. The van der Waals surface area contributed by atoms with Crippen LogP contribution in [0.1, 0.15) is 5.56 Å². The zero-order chi connectivity index (χ0) is 13.3. The summed E-state index contributed by atoms with van der Waals surface area (Å²) in [5, 5.41) is 11.1. The van der Waals surface area contributed by atoms with Crippen molar-refractivity contribution in [3.8, 4) is 0 Å². The van der Waals surface area contributed by atoms with E-state index in [0.29, 0.717) is 0 Å².